The first-order chi connectivity index (χ1) is 18.0. The number of hydrogen-bond donors (Lipinski definition) is 8. The van der Waals surface area contributed by atoms with E-state index in [1.165, 1.54) is 0 Å². The van der Waals surface area contributed by atoms with Crippen molar-refractivity contribution in [1.82, 2.24) is 15.4 Å². The molecule has 2 atom stereocenters. The molecule has 0 aliphatic carbocycles. The van der Waals surface area contributed by atoms with Crippen LogP contribution in [0.1, 0.15) is 29.5 Å². The summed E-state index contributed by atoms with van der Waals surface area (Å²) in [6.07, 6.45) is 0.486. The average Bonchev–Trinajstić information content (AvgIpc) is 2.87. The summed E-state index contributed by atoms with van der Waals surface area (Å²) in [6, 6.07) is 12.5. The van der Waals surface area contributed by atoms with Crippen molar-refractivity contribution in [3.8, 4) is 0 Å². The third-order valence-corrected chi connectivity index (χ3v) is 6.69. The Hall–Kier alpha value is -4.01. The Morgan fingerprint density at radius 2 is 1.61 bits per heavy atom. The van der Waals surface area contributed by atoms with Gasteiger partial charge in [0, 0.05) is 18.7 Å². The highest BCUT2D eigenvalue weighted by Gasteiger charge is 2.28. The Labute approximate surface area is 221 Å². The van der Waals surface area contributed by atoms with Gasteiger partial charge in [-0.15, -0.1) is 0 Å². The normalized spacial score (nSPS) is 12.7. The second-order valence-electron chi connectivity index (χ2n) is 8.44. The number of rotatable bonds is 15. The van der Waals surface area contributed by atoms with Crippen LogP contribution in [0.25, 0.3) is 0 Å². The first kappa shape index (κ1) is 30.2. The van der Waals surface area contributed by atoms with Gasteiger partial charge in [-0.3, -0.25) is 20.0 Å². The maximum atomic E-state index is 12.9. The van der Waals surface area contributed by atoms with Gasteiger partial charge in [-0.2, -0.15) is 0 Å². The molecule has 2 rings (SSSR count). The average molecular weight is 547 g/mol. The number of carbonyl (C=O) groups excluding carboxylic acids is 2. The number of benzene rings is 2. The van der Waals surface area contributed by atoms with Gasteiger partial charge in [-0.05, 0) is 24.0 Å². The predicted molar refractivity (Wildman–Crippen MR) is 144 cm³/mol. The molecule has 13 nitrogen and oxygen atoms in total. The number of nitrogens with two attached hydrogens (primary N) is 3. The number of amidine groups is 1. The molecule has 2 amide bonds. The maximum Gasteiger partial charge on any atom is 0.242 e. The number of nitrogen functional groups attached to an aromatic ring is 1. The van der Waals surface area contributed by atoms with Crippen LogP contribution >= 0.6 is 0 Å². The van der Waals surface area contributed by atoms with Crippen molar-refractivity contribution in [3.63, 3.8) is 0 Å². The zero-order chi connectivity index (χ0) is 28.1. The molecule has 0 aliphatic heterocycles. The largest absolute Gasteiger partial charge is 0.394 e. The van der Waals surface area contributed by atoms with Crippen LogP contribution in [0.15, 0.2) is 59.6 Å². The summed E-state index contributed by atoms with van der Waals surface area (Å²) in [7, 11) is -3.97. The van der Waals surface area contributed by atoms with Crippen LogP contribution < -0.4 is 32.6 Å². The predicted octanol–water partition coefficient (Wildman–Crippen LogP) is -1.39. The summed E-state index contributed by atoms with van der Waals surface area (Å²) in [5.41, 5.74) is 17.9. The minimum absolute atomic E-state index is 0.0815. The molecule has 0 spiro atoms. The second kappa shape index (κ2) is 14.7. The molecule has 0 aliphatic rings. The molecule has 0 bridgehead atoms. The van der Waals surface area contributed by atoms with E-state index in [0.29, 0.717) is 17.5 Å². The van der Waals surface area contributed by atoms with Gasteiger partial charge < -0.3 is 32.9 Å². The SMILES string of the molecule is N=C(N)c1ccc(CNC(=O)[C@H](CCCN=C(N)N)NC(=O)[C@@H](CO)NS(=O)(=O)Cc2ccccc2)cc1. The summed E-state index contributed by atoms with van der Waals surface area (Å²) in [5, 5.41) is 22.4. The molecule has 0 saturated heterocycles. The Kier molecular flexibility index (Phi) is 11.7. The molecule has 2 aromatic carbocycles. The van der Waals surface area contributed by atoms with Crippen LogP contribution in [0.3, 0.4) is 0 Å². The van der Waals surface area contributed by atoms with Gasteiger partial charge in [-0.1, -0.05) is 54.6 Å². The Balaban J connectivity index is 2.06. The second-order valence-corrected chi connectivity index (χ2v) is 10.2. The molecule has 206 valence electrons. The van der Waals surface area contributed by atoms with Crippen molar-refractivity contribution < 1.29 is 23.1 Å². The van der Waals surface area contributed by atoms with Crippen molar-refractivity contribution in [2.75, 3.05) is 13.2 Å². The number of carbonyl (C=O) groups is 2. The number of amides is 2. The third kappa shape index (κ3) is 10.5. The molecule has 11 N–H and O–H groups in total. The molecule has 0 unspecified atom stereocenters. The van der Waals surface area contributed by atoms with E-state index in [0.717, 1.165) is 5.56 Å². The summed E-state index contributed by atoms with van der Waals surface area (Å²) >= 11 is 0. The van der Waals surface area contributed by atoms with Gasteiger partial charge in [0.2, 0.25) is 21.8 Å². The number of hydrogen-bond acceptors (Lipinski definition) is 7. The number of nitrogens with zero attached hydrogens (tertiary/aromatic N) is 1. The molecule has 2 aromatic rings. The lowest BCUT2D eigenvalue weighted by atomic mass is 10.1. The molecule has 38 heavy (non-hydrogen) atoms. The van der Waals surface area contributed by atoms with E-state index in [1.807, 2.05) is 0 Å². The number of nitrogens with one attached hydrogen (secondary N) is 4. The van der Waals surface area contributed by atoms with Crippen LogP contribution in [0, 0.1) is 5.41 Å². The number of guanidine groups is 1. The minimum atomic E-state index is -3.97. The highest BCUT2D eigenvalue weighted by Crippen LogP contribution is 2.07. The molecule has 0 saturated carbocycles. The Morgan fingerprint density at radius 1 is 0.947 bits per heavy atom. The molecule has 0 fully saturated rings. The van der Waals surface area contributed by atoms with Gasteiger partial charge >= 0.3 is 0 Å². The zero-order valence-corrected chi connectivity index (χ0v) is 21.6. The van der Waals surface area contributed by atoms with Gasteiger partial charge in [0.15, 0.2) is 5.96 Å². The van der Waals surface area contributed by atoms with E-state index in [4.69, 9.17) is 22.6 Å². The Morgan fingerprint density at radius 3 is 2.18 bits per heavy atom. The monoisotopic (exact) mass is 546 g/mol. The van der Waals surface area contributed by atoms with Crippen LogP contribution in [-0.2, 0) is 31.9 Å². The lowest BCUT2D eigenvalue weighted by Crippen LogP contribution is -2.55. The van der Waals surface area contributed by atoms with Gasteiger partial charge in [0.25, 0.3) is 0 Å². The van der Waals surface area contributed by atoms with E-state index in [2.05, 4.69) is 20.3 Å². The summed E-state index contributed by atoms with van der Waals surface area (Å²) in [6.45, 7) is -0.475. The summed E-state index contributed by atoms with van der Waals surface area (Å²) in [4.78, 5) is 29.6. The van der Waals surface area contributed by atoms with Crippen molar-refractivity contribution in [3.05, 3.63) is 71.3 Å². The van der Waals surface area contributed by atoms with Crippen molar-refractivity contribution >= 4 is 33.6 Å². The van der Waals surface area contributed by atoms with Crippen LogP contribution in [0.4, 0.5) is 0 Å². The summed E-state index contributed by atoms with van der Waals surface area (Å²) in [5.74, 6) is -1.97. The lowest BCUT2D eigenvalue weighted by molar-refractivity contribution is -0.130. The standard InChI is InChI=1S/C24H34N8O5S/c25-21(26)18-10-8-16(9-11-18)13-30-22(34)19(7-4-12-29-24(27)28)31-23(35)20(14-33)32-38(36,37)15-17-5-2-1-3-6-17/h1-3,5-6,8-11,19-20,32-33H,4,7,12-15H2,(H3,25,26)(H,30,34)(H,31,35)(H4,27,28,29)/t19-,20+/m0/s1. The highest BCUT2D eigenvalue weighted by molar-refractivity contribution is 7.88. The van der Waals surface area contributed by atoms with Crippen molar-refractivity contribution in [2.24, 2.45) is 22.2 Å². The number of aliphatic hydroxyl groups excluding tert-OH is 1. The van der Waals surface area contributed by atoms with Gasteiger partial charge in [-0.25, -0.2) is 13.1 Å². The molecule has 0 heterocycles. The number of aliphatic imine (C=N–C) groups is 1. The van der Waals surface area contributed by atoms with E-state index in [-0.39, 0.29) is 37.1 Å². The highest BCUT2D eigenvalue weighted by atomic mass is 32.2. The zero-order valence-electron chi connectivity index (χ0n) is 20.8. The lowest BCUT2D eigenvalue weighted by Gasteiger charge is -2.22. The van der Waals surface area contributed by atoms with Crippen LogP contribution in [-0.4, -0.2) is 62.4 Å². The van der Waals surface area contributed by atoms with E-state index in [1.54, 1.807) is 54.6 Å². The van der Waals surface area contributed by atoms with Crippen molar-refractivity contribution in [2.45, 2.75) is 37.2 Å². The van der Waals surface area contributed by atoms with Crippen molar-refractivity contribution in [1.29, 1.82) is 5.41 Å². The van der Waals surface area contributed by atoms with Crippen LogP contribution in [0.5, 0.6) is 0 Å². The fourth-order valence-corrected chi connectivity index (χ4v) is 4.71. The van der Waals surface area contributed by atoms with Gasteiger partial charge in [0.05, 0.1) is 12.4 Å². The third-order valence-electron chi connectivity index (χ3n) is 5.33. The fraction of sp³-hybridized carbons (Fsp3) is 0.333. The molecular weight excluding hydrogens is 512 g/mol. The quantitative estimate of drug-likeness (QED) is 0.0749. The minimum Gasteiger partial charge on any atom is -0.394 e. The first-order valence-electron chi connectivity index (χ1n) is 11.7. The Bertz CT molecular complexity index is 1220. The molecule has 0 radical (unpaired) electrons. The van der Waals surface area contributed by atoms with Gasteiger partial charge in [0.1, 0.15) is 17.9 Å². The topological polar surface area (TPSA) is 239 Å². The summed E-state index contributed by atoms with van der Waals surface area (Å²) < 4.78 is 27.3. The first-order valence-corrected chi connectivity index (χ1v) is 13.4. The smallest absolute Gasteiger partial charge is 0.242 e. The molecule has 0 aromatic heterocycles. The van der Waals surface area contributed by atoms with E-state index < -0.39 is 40.5 Å². The van der Waals surface area contributed by atoms with E-state index >= 15 is 0 Å². The maximum absolute atomic E-state index is 12.9. The van der Waals surface area contributed by atoms with E-state index in [9.17, 15) is 23.1 Å². The number of aliphatic hydroxyl groups is 1. The molecular formula is C24H34N8O5S. The molecule has 14 heteroatoms. The van der Waals surface area contributed by atoms with Crippen LogP contribution in [0.2, 0.25) is 0 Å². The number of sulfonamides is 1. The fourth-order valence-electron chi connectivity index (χ4n) is 3.38.